The average molecular weight is 215 g/mol. The molecule has 0 saturated carbocycles. The molecule has 0 aromatic heterocycles. The normalized spacial score (nSPS) is 11.4. The SMILES string of the molecule is CC(C)(O)CCOc1cccc(Cl)c1. The highest BCUT2D eigenvalue weighted by molar-refractivity contribution is 6.30. The van der Waals surface area contributed by atoms with Crippen LogP contribution in [0.5, 0.6) is 5.75 Å². The fourth-order valence-electron chi connectivity index (χ4n) is 0.975. The average Bonchev–Trinajstić information content (AvgIpc) is 2.01. The van der Waals surface area contributed by atoms with E-state index in [9.17, 15) is 5.11 Å². The molecule has 78 valence electrons. The number of rotatable bonds is 4. The highest BCUT2D eigenvalue weighted by atomic mass is 35.5. The lowest BCUT2D eigenvalue weighted by atomic mass is 10.1. The molecule has 0 heterocycles. The molecule has 0 aliphatic rings. The second-order valence-electron chi connectivity index (χ2n) is 3.87. The lowest BCUT2D eigenvalue weighted by molar-refractivity contribution is 0.0553. The van der Waals surface area contributed by atoms with Crippen LogP contribution in [-0.2, 0) is 0 Å². The van der Waals surface area contributed by atoms with Crippen molar-refractivity contribution in [3.63, 3.8) is 0 Å². The molecule has 0 aliphatic heterocycles. The van der Waals surface area contributed by atoms with Crippen molar-refractivity contribution in [1.29, 1.82) is 0 Å². The van der Waals surface area contributed by atoms with E-state index in [4.69, 9.17) is 16.3 Å². The number of hydrogen-bond acceptors (Lipinski definition) is 2. The minimum atomic E-state index is -0.682. The maximum Gasteiger partial charge on any atom is 0.120 e. The van der Waals surface area contributed by atoms with Gasteiger partial charge in [-0.25, -0.2) is 0 Å². The molecule has 0 atom stereocenters. The minimum Gasteiger partial charge on any atom is -0.493 e. The number of hydrogen-bond donors (Lipinski definition) is 1. The molecule has 0 radical (unpaired) electrons. The van der Waals surface area contributed by atoms with E-state index in [0.29, 0.717) is 18.1 Å². The van der Waals surface area contributed by atoms with E-state index < -0.39 is 5.60 Å². The van der Waals surface area contributed by atoms with Crippen molar-refractivity contribution in [2.24, 2.45) is 0 Å². The number of benzene rings is 1. The summed E-state index contributed by atoms with van der Waals surface area (Å²) in [5, 5.41) is 10.1. The third-order valence-corrected chi connectivity index (χ3v) is 2.01. The molecule has 1 aromatic rings. The fourth-order valence-corrected chi connectivity index (χ4v) is 1.16. The molecule has 0 unspecified atom stereocenters. The highest BCUT2D eigenvalue weighted by Crippen LogP contribution is 2.18. The molecule has 0 spiro atoms. The van der Waals surface area contributed by atoms with Gasteiger partial charge in [0, 0.05) is 11.4 Å². The third kappa shape index (κ3) is 4.49. The molecule has 0 saturated heterocycles. The van der Waals surface area contributed by atoms with E-state index in [1.54, 1.807) is 26.0 Å². The van der Waals surface area contributed by atoms with Gasteiger partial charge in [-0.05, 0) is 32.0 Å². The Balaban J connectivity index is 2.39. The van der Waals surface area contributed by atoms with Gasteiger partial charge in [-0.2, -0.15) is 0 Å². The Morgan fingerprint density at radius 1 is 1.43 bits per heavy atom. The van der Waals surface area contributed by atoms with Crippen molar-refractivity contribution in [2.45, 2.75) is 25.9 Å². The summed E-state index contributed by atoms with van der Waals surface area (Å²) in [5.41, 5.74) is -0.682. The maximum atomic E-state index is 9.44. The summed E-state index contributed by atoms with van der Waals surface area (Å²) in [5.74, 6) is 0.738. The first-order valence-corrected chi connectivity index (χ1v) is 4.96. The summed E-state index contributed by atoms with van der Waals surface area (Å²) < 4.78 is 5.42. The topological polar surface area (TPSA) is 29.5 Å². The van der Waals surface area contributed by atoms with Crippen molar-refractivity contribution >= 4 is 11.6 Å². The maximum absolute atomic E-state index is 9.44. The lowest BCUT2D eigenvalue weighted by Gasteiger charge is -2.16. The fraction of sp³-hybridized carbons (Fsp3) is 0.455. The van der Waals surface area contributed by atoms with Crippen molar-refractivity contribution in [2.75, 3.05) is 6.61 Å². The van der Waals surface area contributed by atoms with Gasteiger partial charge < -0.3 is 9.84 Å². The summed E-state index contributed by atoms with van der Waals surface area (Å²) >= 11 is 5.78. The Morgan fingerprint density at radius 2 is 2.14 bits per heavy atom. The molecule has 1 N–H and O–H groups in total. The van der Waals surface area contributed by atoms with E-state index in [-0.39, 0.29) is 0 Å². The number of halogens is 1. The van der Waals surface area contributed by atoms with Crippen LogP contribution < -0.4 is 4.74 Å². The molecule has 1 rings (SSSR count). The lowest BCUT2D eigenvalue weighted by Crippen LogP contribution is -2.21. The molecular weight excluding hydrogens is 200 g/mol. The smallest absolute Gasteiger partial charge is 0.120 e. The van der Waals surface area contributed by atoms with Gasteiger partial charge in [-0.15, -0.1) is 0 Å². The van der Waals surface area contributed by atoms with E-state index >= 15 is 0 Å². The van der Waals surface area contributed by atoms with E-state index in [1.165, 1.54) is 0 Å². The summed E-state index contributed by atoms with van der Waals surface area (Å²) in [6, 6.07) is 7.23. The zero-order valence-corrected chi connectivity index (χ0v) is 9.21. The molecule has 3 heteroatoms. The van der Waals surface area contributed by atoms with Crippen LogP contribution in [0.3, 0.4) is 0 Å². The molecule has 14 heavy (non-hydrogen) atoms. The molecule has 0 amide bonds. The first-order valence-electron chi connectivity index (χ1n) is 4.58. The van der Waals surface area contributed by atoms with Crippen molar-refractivity contribution in [1.82, 2.24) is 0 Å². The molecular formula is C11H15ClO2. The van der Waals surface area contributed by atoms with Crippen LogP contribution in [0.15, 0.2) is 24.3 Å². The van der Waals surface area contributed by atoms with Gasteiger partial charge in [-0.1, -0.05) is 17.7 Å². The van der Waals surface area contributed by atoms with Gasteiger partial charge >= 0.3 is 0 Å². The van der Waals surface area contributed by atoms with Crippen molar-refractivity contribution in [3.8, 4) is 5.75 Å². The standard InChI is InChI=1S/C11H15ClO2/c1-11(2,13)6-7-14-10-5-3-4-9(12)8-10/h3-5,8,13H,6-7H2,1-2H3. The summed E-state index contributed by atoms with van der Waals surface area (Å²) in [6.45, 7) is 4.01. The number of ether oxygens (including phenoxy) is 1. The van der Waals surface area contributed by atoms with Gasteiger partial charge in [0.15, 0.2) is 0 Å². The van der Waals surface area contributed by atoms with Crippen LogP contribution in [0, 0.1) is 0 Å². The molecule has 0 aliphatic carbocycles. The summed E-state index contributed by atoms with van der Waals surface area (Å²) in [6.07, 6.45) is 0.597. The molecule has 2 nitrogen and oxygen atoms in total. The monoisotopic (exact) mass is 214 g/mol. The Bertz CT molecular complexity index is 292. The second-order valence-corrected chi connectivity index (χ2v) is 4.30. The Hall–Kier alpha value is -0.730. The van der Waals surface area contributed by atoms with Crippen LogP contribution in [-0.4, -0.2) is 17.3 Å². The van der Waals surface area contributed by atoms with Gasteiger partial charge in [0.05, 0.1) is 12.2 Å². The largest absolute Gasteiger partial charge is 0.493 e. The van der Waals surface area contributed by atoms with Gasteiger partial charge in [-0.3, -0.25) is 0 Å². The first-order chi connectivity index (χ1) is 6.47. The molecule has 1 aromatic carbocycles. The Kier molecular flexibility index (Phi) is 3.78. The number of aliphatic hydroxyl groups is 1. The Morgan fingerprint density at radius 3 is 2.71 bits per heavy atom. The van der Waals surface area contributed by atoms with E-state index in [2.05, 4.69) is 0 Å². The third-order valence-electron chi connectivity index (χ3n) is 1.78. The predicted molar refractivity (Wildman–Crippen MR) is 57.9 cm³/mol. The second kappa shape index (κ2) is 4.67. The van der Waals surface area contributed by atoms with Crippen LogP contribution in [0.25, 0.3) is 0 Å². The van der Waals surface area contributed by atoms with Gasteiger partial charge in [0.25, 0.3) is 0 Å². The molecule has 0 bridgehead atoms. The summed E-state index contributed by atoms with van der Waals surface area (Å²) in [7, 11) is 0. The molecule has 0 fully saturated rings. The van der Waals surface area contributed by atoms with E-state index in [1.807, 2.05) is 12.1 Å². The van der Waals surface area contributed by atoms with Crippen LogP contribution in [0.4, 0.5) is 0 Å². The van der Waals surface area contributed by atoms with E-state index in [0.717, 1.165) is 5.75 Å². The van der Waals surface area contributed by atoms with Crippen LogP contribution in [0.2, 0.25) is 5.02 Å². The predicted octanol–water partition coefficient (Wildman–Crippen LogP) is 2.88. The van der Waals surface area contributed by atoms with Crippen molar-refractivity contribution in [3.05, 3.63) is 29.3 Å². The van der Waals surface area contributed by atoms with Gasteiger partial charge in [0.1, 0.15) is 5.75 Å². The first kappa shape index (κ1) is 11.3. The van der Waals surface area contributed by atoms with Crippen LogP contribution in [0.1, 0.15) is 20.3 Å². The minimum absolute atomic E-state index is 0.490. The zero-order chi connectivity index (χ0) is 10.6. The van der Waals surface area contributed by atoms with Crippen molar-refractivity contribution < 1.29 is 9.84 Å². The highest BCUT2D eigenvalue weighted by Gasteiger charge is 2.11. The van der Waals surface area contributed by atoms with Gasteiger partial charge in [0.2, 0.25) is 0 Å². The zero-order valence-electron chi connectivity index (χ0n) is 8.46. The van der Waals surface area contributed by atoms with Crippen LogP contribution >= 0.6 is 11.6 Å². The Labute approximate surface area is 89.5 Å². The quantitative estimate of drug-likeness (QED) is 0.835. The summed E-state index contributed by atoms with van der Waals surface area (Å²) in [4.78, 5) is 0.